The van der Waals surface area contributed by atoms with Crippen LogP contribution in [0.1, 0.15) is 0 Å². The summed E-state index contributed by atoms with van der Waals surface area (Å²) in [5.41, 5.74) is 12.2. The number of nitrogens with zero attached hydrogens (tertiary/aromatic N) is 6. The van der Waals surface area contributed by atoms with Crippen molar-refractivity contribution in [1.29, 1.82) is 0 Å². The zero-order chi connectivity index (χ0) is 32.3. The van der Waals surface area contributed by atoms with Gasteiger partial charge in [-0.3, -0.25) is 13.5 Å². The molecule has 0 fully saturated rings. The predicted molar refractivity (Wildman–Crippen MR) is 198 cm³/mol. The highest BCUT2D eigenvalue weighted by molar-refractivity contribution is 6.09. The van der Waals surface area contributed by atoms with E-state index in [1.807, 2.05) is 48.5 Å². The van der Waals surface area contributed by atoms with E-state index in [-0.39, 0.29) is 0 Å². The van der Waals surface area contributed by atoms with Crippen molar-refractivity contribution >= 4 is 38.9 Å². The molecule has 6 aromatic carbocycles. The molecule has 0 aliphatic rings. The van der Waals surface area contributed by atoms with Gasteiger partial charge < -0.3 is 0 Å². The molecule has 0 saturated carbocycles. The van der Waals surface area contributed by atoms with Gasteiger partial charge in [-0.25, -0.2) is 9.97 Å². The summed E-state index contributed by atoms with van der Waals surface area (Å²) in [4.78, 5) is 15.6. The van der Waals surface area contributed by atoms with Crippen molar-refractivity contribution in [3.63, 3.8) is 0 Å². The van der Waals surface area contributed by atoms with Crippen LogP contribution in [0.4, 0.5) is 0 Å². The molecule has 0 amide bonds. The van der Waals surface area contributed by atoms with Crippen LogP contribution in [0.3, 0.4) is 0 Å². The summed E-state index contributed by atoms with van der Waals surface area (Å²) in [6.07, 6.45) is 0. The van der Waals surface area contributed by atoms with Gasteiger partial charge in [-0.05, 0) is 48.5 Å². The Labute approximate surface area is 281 Å². The minimum atomic E-state index is 0.695. The summed E-state index contributed by atoms with van der Waals surface area (Å²) in [5, 5.41) is 1.15. The quantitative estimate of drug-likeness (QED) is 0.191. The minimum absolute atomic E-state index is 0.695. The molecular weight excluding hydrogens is 601 g/mol. The zero-order valence-electron chi connectivity index (χ0n) is 26.3. The van der Waals surface area contributed by atoms with E-state index in [9.17, 15) is 0 Å². The monoisotopic (exact) mass is 628 g/mol. The smallest absolute Gasteiger partial charge is 0.222 e. The normalized spacial score (nSPS) is 11.7. The molecule has 49 heavy (non-hydrogen) atoms. The van der Waals surface area contributed by atoms with Gasteiger partial charge in [-0.15, -0.1) is 0 Å². The highest BCUT2D eigenvalue weighted by atomic mass is 15.2. The Bertz CT molecular complexity index is 2740. The molecule has 10 aromatic rings. The minimum Gasteiger partial charge on any atom is -0.292 e. The van der Waals surface area contributed by atoms with E-state index in [0.29, 0.717) is 5.82 Å². The number of benzene rings is 6. The number of imidazole rings is 2. The summed E-state index contributed by atoms with van der Waals surface area (Å²) in [5.74, 6) is 1.55. The van der Waals surface area contributed by atoms with Crippen LogP contribution in [-0.2, 0) is 0 Å². The fourth-order valence-electron chi connectivity index (χ4n) is 7.05. The van der Waals surface area contributed by atoms with E-state index in [0.717, 1.165) is 78.3 Å². The second kappa shape index (κ2) is 10.9. The van der Waals surface area contributed by atoms with Gasteiger partial charge in [-0.2, -0.15) is 4.98 Å². The highest BCUT2D eigenvalue weighted by Crippen LogP contribution is 2.38. The zero-order valence-corrected chi connectivity index (χ0v) is 26.3. The Hall–Kier alpha value is -6.79. The molecule has 10 rings (SSSR count). The molecular formula is C43H28N6. The van der Waals surface area contributed by atoms with Crippen LogP contribution in [0.5, 0.6) is 0 Å². The molecule has 0 aliphatic carbocycles. The van der Waals surface area contributed by atoms with Gasteiger partial charge in [0.05, 0.1) is 27.9 Å². The maximum Gasteiger partial charge on any atom is 0.222 e. The molecule has 230 valence electrons. The van der Waals surface area contributed by atoms with Crippen LogP contribution in [0.25, 0.3) is 84.2 Å². The Balaban J connectivity index is 1.27. The van der Waals surface area contributed by atoms with E-state index in [2.05, 4.69) is 135 Å². The predicted octanol–water partition coefficient (Wildman–Crippen LogP) is 10.2. The van der Waals surface area contributed by atoms with Crippen LogP contribution in [0, 0.1) is 0 Å². The molecule has 0 bridgehead atoms. The number of fused-ring (bicyclic) bond motifs is 7. The van der Waals surface area contributed by atoms with E-state index in [1.165, 1.54) is 0 Å². The molecule has 4 heterocycles. The number of rotatable bonds is 5. The number of aromatic nitrogens is 6. The van der Waals surface area contributed by atoms with Crippen LogP contribution in [0.2, 0.25) is 0 Å². The van der Waals surface area contributed by atoms with Gasteiger partial charge in [0.2, 0.25) is 5.78 Å². The maximum atomic E-state index is 5.42. The van der Waals surface area contributed by atoms with Crippen LogP contribution < -0.4 is 0 Å². The van der Waals surface area contributed by atoms with Crippen molar-refractivity contribution < 1.29 is 0 Å². The maximum absolute atomic E-state index is 5.42. The van der Waals surface area contributed by atoms with Crippen molar-refractivity contribution in [2.24, 2.45) is 0 Å². The number of hydrogen-bond acceptors (Lipinski definition) is 3. The van der Waals surface area contributed by atoms with Crippen LogP contribution in [-0.4, -0.2) is 28.5 Å². The molecule has 0 atom stereocenters. The van der Waals surface area contributed by atoms with Crippen molar-refractivity contribution in [3.8, 4) is 45.3 Å². The number of para-hydroxylation sites is 3. The molecule has 6 heteroatoms. The Morgan fingerprint density at radius 1 is 0.388 bits per heavy atom. The summed E-state index contributed by atoms with van der Waals surface area (Å²) >= 11 is 0. The van der Waals surface area contributed by atoms with Crippen molar-refractivity contribution in [3.05, 3.63) is 170 Å². The Morgan fingerprint density at radius 2 is 0.959 bits per heavy atom. The fourth-order valence-corrected chi connectivity index (χ4v) is 7.05. The third-order valence-corrected chi connectivity index (χ3v) is 9.26. The highest BCUT2D eigenvalue weighted by Gasteiger charge is 2.24. The van der Waals surface area contributed by atoms with E-state index in [4.69, 9.17) is 15.0 Å². The second-order valence-corrected chi connectivity index (χ2v) is 12.2. The van der Waals surface area contributed by atoms with E-state index < -0.39 is 0 Å². The fraction of sp³-hybridized carbons (Fsp3) is 0. The third-order valence-electron chi connectivity index (χ3n) is 9.26. The number of hydrogen-bond donors (Lipinski definition) is 0. The SMILES string of the molecule is c1ccc(-c2cc(-c3ccc4c(c3)n(-c3ccccc3)c3nc5c(c6ccccc6n5-c5ccccc5)n43)nc(-c3ccccc3)n2)cc1. The molecule has 0 spiro atoms. The standard InChI is InChI=1S/C43H28N6/c1-5-15-29(16-6-1)35-28-36(45-41(44-35)30-17-7-2-8-18-30)31-25-26-38-39(27-31)48(33-21-11-4-12-22-33)43-46-42-40(49(38)43)34-23-13-14-24-37(34)47(42)32-19-9-3-10-20-32/h1-28H. The average Bonchev–Trinajstić information content (AvgIpc) is 3.81. The molecule has 0 radical (unpaired) electrons. The molecule has 0 saturated heterocycles. The van der Waals surface area contributed by atoms with Gasteiger partial charge in [-0.1, -0.05) is 121 Å². The van der Waals surface area contributed by atoms with E-state index in [1.54, 1.807) is 0 Å². The van der Waals surface area contributed by atoms with Gasteiger partial charge >= 0.3 is 0 Å². The van der Waals surface area contributed by atoms with Crippen molar-refractivity contribution in [2.45, 2.75) is 0 Å². The van der Waals surface area contributed by atoms with Gasteiger partial charge in [0.15, 0.2) is 11.5 Å². The van der Waals surface area contributed by atoms with Crippen LogP contribution in [0.15, 0.2) is 170 Å². The van der Waals surface area contributed by atoms with E-state index >= 15 is 0 Å². The first-order valence-corrected chi connectivity index (χ1v) is 16.4. The van der Waals surface area contributed by atoms with Gasteiger partial charge in [0.25, 0.3) is 0 Å². The summed E-state index contributed by atoms with van der Waals surface area (Å²) in [6.45, 7) is 0. The van der Waals surface area contributed by atoms with Crippen LogP contribution >= 0.6 is 0 Å². The van der Waals surface area contributed by atoms with Gasteiger partial charge in [0, 0.05) is 33.5 Å². The molecule has 0 N–H and O–H groups in total. The lowest BCUT2D eigenvalue weighted by molar-refractivity contribution is 1.09. The lowest BCUT2D eigenvalue weighted by Gasteiger charge is -2.10. The molecule has 0 unspecified atom stereocenters. The lowest BCUT2D eigenvalue weighted by Crippen LogP contribution is -1.98. The third kappa shape index (κ3) is 4.31. The van der Waals surface area contributed by atoms with Crippen molar-refractivity contribution in [2.75, 3.05) is 0 Å². The summed E-state index contributed by atoms with van der Waals surface area (Å²) < 4.78 is 6.85. The molecule has 0 aliphatic heterocycles. The summed E-state index contributed by atoms with van der Waals surface area (Å²) in [7, 11) is 0. The largest absolute Gasteiger partial charge is 0.292 e. The van der Waals surface area contributed by atoms with Gasteiger partial charge in [0.1, 0.15) is 5.52 Å². The lowest BCUT2D eigenvalue weighted by atomic mass is 10.1. The Kier molecular flexibility index (Phi) is 6.08. The summed E-state index contributed by atoms with van der Waals surface area (Å²) in [6, 6.07) is 58.7. The topological polar surface area (TPSA) is 52.9 Å². The molecule has 4 aromatic heterocycles. The second-order valence-electron chi connectivity index (χ2n) is 12.2. The van der Waals surface area contributed by atoms with Crippen molar-refractivity contribution in [1.82, 2.24) is 28.5 Å². The molecule has 6 nitrogen and oxygen atoms in total. The first-order valence-electron chi connectivity index (χ1n) is 16.4. The average molecular weight is 629 g/mol. The Morgan fingerprint density at radius 3 is 1.65 bits per heavy atom. The first-order chi connectivity index (χ1) is 24.3. The first kappa shape index (κ1) is 27.3.